The Morgan fingerprint density at radius 2 is 1.18 bits per heavy atom. The van der Waals surface area contributed by atoms with E-state index >= 15 is 0 Å². The Balaban J connectivity index is 2.03. The fraction of sp³-hybridized carbons (Fsp3) is 0.548. The summed E-state index contributed by atoms with van der Waals surface area (Å²) in [5.41, 5.74) is 1.12. The lowest BCUT2D eigenvalue weighted by Crippen LogP contribution is -2.52. The van der Waals surface area contributed by atoms with E-state index in [4.69, 9.17) is 4.74 Å². The molecule has 0 aliphatic carbocycles. The molecule has 216 valence electrons. The number of hydrogen-bond acceptors (Lipinski definition) is 6. The van der Waals surface area contributed by atoms with Gasteiger partial charge in [-0.05, 0) is 50.2 Å². The molecule has 0 fully saturated rings. The van der Waals surface area contributed by atoms with Crippen LogP contribution in [0, 0.1) is 5.41 Å². The molecule has 8 nitrogen and oxygen atoms in total. The molecule has 0 radical (unpaired) electrons. The maximum Gasteiger partial charge on any atom is 0.407 e. The van der Waals surface area contributed by atoms with Crippen molar-refractivity contribution in [2.75, 3.05) is 13.1 Å². The highest BCUT2D eigenvalue weighted by Crippen LogP contribution is 2.18. The molecule has 8 heteroatoms. The summed E-state index contributed by atoms with van der Waals surface area (Å²) in [7, 11) is 0. The van der Waals surface area contributed by atoms with Crippen molar-refractivity contribution >= 4 is 12.0 Å². The highest BCUT2D eigenvalue weighted by atomic mass is 16.6. The number of aliphatic hydroxyl groups excluding tert-OH is 2. The summed E-state index contributed by atoms with van der Waals surface area (Å²) in [5.74, 6) is -0.119. The number of carbonyl (C=O) groups is 2. The molecular weight excluding hydrogens is 494 g/mol. The molecule has 2 rings (SSSR count). The lowest BCUT2D eigenvalue weighted by atomic mass is 9.91. The molecule has 0 aliphatic rings. The molecule has 4 atom stereocenters. The summed E-state index contributed by atoms with van der Waals surface area (Å²) in [4.78, 5) is 25.1. The number of aliphatic hydroxyl groups is 2. The van der Waals surface area contributed by atoms with Crippen LogP contribution >= 0.6 is 0 Å². The molecular formula is C31H47N3O5. The van der Waals surface area contributed by atoms with Crippen LogP contribution < -0.4 is 16.0 Å². The Labute approximate surface area is 233 Å². The lowest BCUT2D eigenvalue weighted by molar-refractivity contribution is -0.124. The Hall–Kier alpha value is -2.94. The summed E-state index contributed by atoms with van der Waals surface area (Å²) < 4.78 is 5.40. The Morgan fingerprint density at radius 3 is 1.59 bits per heavy atom. The van der Waals surface area contributed by atoms with Crippen molar-refractivity contribution in [3.8, 4) is 0 Å². The molecule has 0 aliphatic heterocycles. The van der Waals surface area contributed by atoms with E-state index in [1.54, 1.807) is 20.8 Å². The molecule has 0 saturated carbocycles. The second kappa shape index (κ2) is 15.0. The monoisotopic (exact) mass is 541 g/mol. The smallest absolute Gasteiger partial charge is 0.407 e. The molecule has 0 saturated heterocycles. The molecule has 0 aromatic heterocycles. The van der Waals surface area contributed by atoms with E-state index in [2.05, 4.69) is 16.0 Å². The number of nitrogens with one attached hydrogen (secondary N) is 3. The minimum atomic E-state index is -0.951. The van der Waals surface area contributed by atoms with Crippen LogP contribution in [-0.4, -0.2) is 65.2 Å². The van der Waals surface area contributed by atoms with Gasteiger partial charge in [0.25, 0.3) is 0 Å². The number of rotatable bonds is 13. The summed E-state index contributed by atoms with van der Waals surface area (Å²) >= 11 is 0. The van der Waals surface area contributed by atoms with E-state index in [-0.39, 0.29) is 24.4 Å². The van der Waals surface area contributed by atoms with E-state index in [1.807, 2.05) is 81.4 Å². The van der Waals surface area contributed by atoms with Gasteiger partial charge in [-0.25, -0.2) is 4.79 Å². The summed E-state index contributed by atoms with van der Waals surface area (Å²) in [6, 6.07) is 18.2. The van der Waals surface area contributed by atoms with Gasteiger partial charge < -0.3 is 30.9 Å². The van der Waals surface area contributed by atoms with Crippen molar-refractivity contribution in [1.29, 1.82) is 0 Å². The Bertz CT molecular complexity index is 921. The Kier molecular flexibility index (Phi) is 12.4. The normalized spacial score (nSPS) is 15.1. The predicted octanol–water partition coefficient (Wildman–Crippen LogP) is 3.60. The van der Waals surface area contributed by atoms with Crippen LogP contribution in [0.25, 0.3) is 0 Å². The van der Waals surface area contributed by atoms with Gasteiger partial charge in [0.15, 0.2) is 0 Å². The third kappa shape index (κ3) is 13.6. The van der Waals surface area contributed by atoms with Crippen LogP contribution in [0.15, 0.2) is 60.7 Å². The van der Waals surface area contributed by atoms with E-state index in [1.165, 1.54) is 0 Å². The standard InChI is InChI=1S/C31H47N3O5/c1-30(2,3)19-28(37)33-24(17-22-13-9-7-10-14-22)26(35)20-32-21-27(36)25(18-23-15-11-8-12-16-23)34-29(38)39-31(4,5)6/h7-16,24-27,32,35-36H,17-21H2,1-6H3,(H,33,37)(H,34,38)/t24-,25+,26?,27+/m1/s1. The predicted molar refractivity (Wildman–Crippen MR) is 154 cm³/mol. The van der Waals surface area contributed by atoms with Crippen molar-refractivity contribution in [1.82, 2.24) is 16.0 Å². The summed E-state index contributed by atoms with van der Waals surface area (Å²) in [6.45, 7) is 11.6. The molecule has 2 amide bonds. The molecule has 5 N–H and O–H groups in total. The molecule has 2 aromatic rings. The van der Waals surface area contributed by atoms with Gasteiger partial charge in [-0.3, -0.25) is 4.79 Å². The highest BCUT2D eigenvalue weighted by molar-refractivity contribution is 5.77. The molecule has 39 heavy (non-hydrogen) atoms. The van der Waals surface area contributed by atoms with Gasteiger partial charge in [-0.1, -0.05) is 81.4 Å². The minimum Gasteiger partial charge on any atom is -0.444 e. The average Bonchev–Trinajstić information content (AvgIpc) is 2.82. The topological polar surface area (TPSA) is 120 Å². The van der Waals surface area contributed by atoms with Crippen LogP contribution in [0.1, 0.15) is 59.1 Å². The van der Waals surface area contributed by atoms with E-state index in [0.29, 0.717) is 19.3 Å². The van der Waals surface area contributed by atoms with Crippen LogP contribution in [0.5, 0.6) is 0 Å². The van der Waals surface area contributed by atoms with Gasteiger partial charge in [-0.15, -0.1) is 0 Å². The highest BCUT2D eigenvalue weighted by Gasteiger charge is 2.27. The first-order chi connectivity index (χ1) is 18.2. The fourth-order valence-corrected chi connectivity index (χ4v) is 4.16. The number of benzene rings is 2. The summed E-state index contributed by atoms with van der Waals surface area (Å²) in [6.07, 6.45) is -1.23. The number of amides is 2. The zero-order chi connectivity index (χ0) is 29.1. The Morgan fingerprint density at radius 1 is 0.744 bits per heavy atom. The van der Waals surface area contributed by atoms with Gasteiger partial charge in [0, 0.05) is 19.5 Å². The maximum atomic E-state index is 12.7. The fourth-order valence-electron chi connectivity index (χ4n) is 4.16. The van der Waals surface area contributed by atoms with Gasteiger partial charge >= 0.3 is 6.09 Å². The first-order valence-corrected chi connectivity index (χ1v) is 13.7. The third-order valence-corrected chi connectivity index (χ3v) is 5.97. The van der Waals surface area contributed by atoms with Crippen LogP contribution in [0.4, 0.5) is 4.79 Å². The van der Waals surface area contributed by atoms with Crippen molar-refractivity contribution in [2.24, 2.45) is 5.41 Å². The molecule has 2 aromatic carbocycles. The largest absolute Gasteiger partial charge is 0.444 e. The number of hydrogen-bond donors (Lipinski definition) is 5. The molecule has 0 spiro atoms. The maximum absolute atomic E-state index is 12.7. The second-order valence-electron chi connectivity index (χ2n) is 12.3. The van der Waals surface area contributed by atoms with E-state index in [9.17, 15) is 19.8 Å². The third-order valence-electron chi connectivity index (χ3n) is 5.97. The SMILES string of the molecule is CC(C)(C)CC(=O)N[C@H](Cc1ccccc1)C(O)CNC[C@H](O)[C@H](Cc1ccccc1)NC(=O)OC(C)(C)C. The second-order valence-corrected chi connectivity index (χ2v) is 12.3. The zero-order valence-corrected chi connectivity index (χ0v) is 24.2. The number of alkyl carbamates (subject to hydrolysis) is 1. The van der Waals surface area contributed by atoms with Gasteiger partial charge in [0.1, 0.15) is 5.60 Å². The van der Waals surface area contributed by atoms with Crippen molar-refractivity contribution in [2.45, 2.75) is 90.7 Å². The first-order valence-electron chi connectivity index (χ1n) is 13.7. The van der Waals surface area contributed by atoms with Crippen LogP contribution in [0.2, 0.25) is 0 Å². The van der Waals surface area contributed by atoms with Crippen molar-refractivity contribution < 1.29 is 24.5 Å². The minimum absolute atomic E-state index is 0.119. The number of carbonyl (C=O) groups excluding carboxylic acids is 2. The average molecular weight is 542 g/mol. The lowest BCUT2D eigenvalue weighted by Gasteiger charge is -2.29. The van der Waals surface area contributed by atoms with E-state index in [0.717, 1.165) is 11.1 Å². The molecule has 0 bridgehead atoms. The van der Waals surface area contributed by atoms with Crippen molar-refractivity contribution in [3.05, 3.63) is 71.8 Å². The summed E-state index contributed by atoms with van der Waals surface area (Å²) in [5, 5.41) is 30.9. The van der Waals surface area contributed by atoms with Gasteiger partial charge in [0.05, 0.1) is 24.3 Å². The molecule has 1 unspecified atom stereocenters. The van der Waals surface area contributed by atoms with Gasteiger partial charge in [0.2, 0.25) is 5.91 Å². The number of ether oxygens (including phenoxy) is 1. The van der Waals surface area contributed by atoms with Crippen molar-refractivity contribution in [3.63, 3.8) is 0 Å². The van der Waals surface area contributed by atoms with Crippen LogP contribution in [-0.2, 0) is 22.4 Å². The van der Waals surface area contributed by atoms with E-state index < -0.39 is 36.0 Å². The first kappa shape index (κ1) is 32.3. The molecule has 0 heterocycles. The van der Waals surface area contributed by atoms with Gasteiger partial charge in [-0.2, -0.15) is 0 Å². The zero-order valence-electron chi connectivity index (χ0n) is 24.2. The van der Waals surface area contributed by atoms with Crippen LogP contribution in [0.3, 0.4) is 0 Å². The quantitative estimate of drug-likeness (QED) is 0.264.